The van der Waals surface area contributed by atoms with Crippen molar-refractivity contribution in [2.75, 3.05) is 39.6 Å². The van der Waals surface area contributed by atoms with E-state index >= 15 is 0 Å². The van der Waals surface area contributed by atoms with E-state index in [-0.39, 0.29) is 0 Å². The predicted octanol–water partition coefficient (Wildman–Crippen LogP) is -14.3. The molecule has 36 nitrogen and oxygen atoms in total. The van der Waals surface area contributed by atoms with Crippen molar-refractivity contribution in [1.29, 1.82) is 0 Å². The summed E-state index contributed by atoms with van der Waals surface area (Å²) in [7, 11) is 0. The highest BCUT2D eigenvalue weighted by Crippen LogP contribution is 2.38. The second-order valence-electron chi connectivity index (χ2n) is 20.6. The summed E-state index contributed by atoms with van der Waals surface area (Å²) in [6.07, 6.45) is -61.9. The molecular formula is C45H76N2O34. The van der Waals surface area contributed by atoms with Crippen LogP contribution in [-0.2, 0) is 71.2 Å². The molecule has 0 saturated carbocycles. The van der Waals surface area contributed by atoms with Gasteiger partial charge in [0.15, 0.2) is 44.0 Å². The van der Waals surface area contributed by atoms with E-state index in [0.717, 1.165) is 13.8 Å². The van der Waals surface area contributed by atoms with Gasteiger partial charge in [-0.2, -0.15) is 0 Å². The van der Waals surface area contributed by atoms with Crippen LogP contribution in [-0.4, -0.2) is 357 Å². The third-order valence-electron chi connectivity index (χ3n) is 14.9. The number of aliphatic hydroxyl groups excluding tert-OH is 19. The van der Waals surface area contributed by atoms with Crippen molar-refractivity contribution in [2.45, 2.75) is 229 Å². The monoisotopic (exact) mass is 1190 g/mol. The first-order valence-corrected chi connectivity index (χ1v) is 25.9. The topological polar surface area (TPSA) is 563 Å². The first-order chi connectivity index (χ1) is 38.3. The van der Waals surface area contributed by atoms with Gasteiger partial charge in [-0.3, -0.25) is 9.59 Å². The molecule has 0 bridgehead atoms. The average Bonchev–Trinajstić information content (AvgIpc) is 3.63. The smallest absolute Gasteiger partial charge is 0.217 e. The summed E-state index contributed by atoms with van der Waals surface area (Å²) >= 11 is 0. The minimum absolute atomic E-state index is 0.710. The lowest BCUT2D eigenvalue weighted by Crippen LogP contribution is -2.71. The van der Waals surface area contributed by atoms with E-state index in [0.29, 0.717) is 0 Å². The van der Waals surface area contributed by atoms with Gasteiger partial charge in [-0.05, 0) is 6.92 Å². The molecule has 470 valence electrons. The lowest BCUT2D eigenvalue weighted by molar-refractivity contribution is -0.405. The van der Waals surface area contributed by atoms with Gasteiger partial charge in [0.1, 0.15) is 159 Å². The summed E-state index contributed by atoms with van der Waals surface area (Å²) < 4.78 is 76.4. The van der Waals surface area contributed by atoms with Crippen molar-refractivity contribution in [2.24, 2.45) is 0 Å². The van der Waals surface area contributed by atoms with Gasteiger partial charge in [0.05, 0.1) is 45.7 Å². The molecule has 7 aliphatic rings. The Morgan fingerprint density at radius 1 is 0.395 bits per heavy atom. The number of ether oxygens (including phenoxy) is 13. The number of rotatable bonds is 19. The quantitative estimate of drug-likeness (QED) is 0.0571. The van der Waals surface area contributed by atoms with Gasteiger partial charge >= 0.3 is 0 Å². The lowest BCUT2D eigenvalue weighted by Gasteiger charge is -2.52. The molecule has 7 rings (SSSR count). The van der Waals surface area contributed by atoms with Crippen LogP contribution in [0.15, 0.2) is 0 Å². The highest BCUT2D eigenvalue weighted by Gasteiger charge is 2.59. The molecule has 21 N–H and O–H groups in total. The fourth-order valence-electron chi connectivity index (χ4n) is 10.3. The SMILES string of the molecule is CC(=O)N[C@@H]1[C@@H](O[C@@H]2O[C@@H](C)[C@@H](O)[C@@H](O)[C@@H]2O)[C@H](O[C@@H]2O[C@H](CO)[C@@H](O[C@@H]3O[C@H](CO[C@H]4O[C@H](CO)[C@@H](O)[C@H](O)[C@@H]4O)[C@@H](O)[C@H](O[C@H]4O[C@H](CO)[C@@H](O)[C@H](O)[C@@H]4O)[C@@H]3O[C@H]3OC[C@@H](O)[C@H](O)[C@H]3O)[C@H](O)[C@H]2NC(C)=O)[C@@H](CO)O[C@H]1O. The Kier molecular flexibility index (Phi) is 23.2. The third kappa shape index (κ3) is 14.4. The fourth-order valence-corrected chi connectivity index (χ4v) is 10.3. The molecule has 81 heavy (non-hydrogen) atoms. The Bertz CT molecular complexity index is 1990. The Morgan fingerprint density at radius 3 is 1.42 bits per heavy atom. The molecule has 7 aliphatic heterocycles. The summed E-state index contributed by atoms with van der Waals surface area (Å²) in [5.74, 6) is -1.70. The summed E-state index contributed by atoms with van der Waals surface area (Å²) in [6.45, 7) is -2.40. The molecule has 0 aromatic heterocycles. The number of hydrogen-bond donors (Lipinski definition) is 21. The molecule has 34 atom stereocenters. The lowest BCUT2D eigenvalue weighted by atomic mass is 9.93. The minimum atomic E-state index is -2.26. The van der Waals surface area contributed by atoms with Gasteiger partial charge in [-0.1, -0.05) is 0 Å². The van der Waals surface area contributed by atoms with Crippen LogP contribution >= 0.6 is 0 Å². The molecule has 7 saturated heterocycles. The number of nitrogens with one attached hydrogen (secondary N) is 2. The van der Waals surface area contributed by atoms with E-state index in [2.05, 4.69) is 10.6 Å². The number of carbonyl (C=O) groups is 2. The van der Waals surface area contributed by atoms with Crippen molar-refractivity contribution >= 4 is 11.8 Å². The van der Waals surface area contributed by atoms with Crippen LogP contribution in [0.4, 0.5) is 0 Å². The maximum Gasteiger partial charge on any atom is 0.217 e. The molecule has 0 radical (unpaired) electrons. The summed E-state index contributed by atoms with van der Waals surface area (Å²) in [4.78, 5) is 25.5. The highest BCUT2D eigenvalue weighted by atomic mass is 16.8. The van der Waals surface area contributed by atoms with Crippen LogP contribution in [0.1, 0.15) is 20.8 Å². The van der Waals surface area contributed by atoms with Crippen LogP contribution in [0.3, 0.4) is 0 Å². The molecular weight excluding hydrogens is 1110 g/mol. The van der Waals surface area contributed by atoms with Gasteiger partial charge in [-0.25, -0.2) is 0 Å². The zero-order valence-corrected chi connectivity index (χ0v) is 43.5. The Balaban J connectivity index is 1.25. The first kappa shape index (κ1) is 66.2. The predicted molar refractivity (Wildman–Crippen MR) is 248 cm³/mol. The van der Waals surface area contributed by atoms with Gasteiger partial charge < -0.3 is 169 Å². The standard InChI is InChI=1S/C45H76N2O34/c1-10-21(55)27(61)32(66)43(71-10)79-36-20(47-12(3)53)39(68)72-17(7-51)35(36)78-40-19(46-11(2)52)26(60)34(16(6-50)75-40)77-45-38(81-42-30(64)22(56)13(54)8-69-42)37(80-44-33(67)29(63)24(58)15(5-49)74-44)25(59)18(76-45)9-70-41-31(65)28(62)23(57)14(4-48)73-41/h10,13-45,48-51,54-68H,4-9H2,1-3H3,(H,46,52)(H,47,53)/t10-,13+,14+,15+,16+,17+,18+,19+,20+,21+,22-,23+,24+,25+,26+,27+,28-,29-,30+,31-,32-,33-,34+,35+,36+,37-,38-,39+,40-,41-,42+,43-,44+,45-/m0/s1. The number of hydrogen-bond acceptors (Lipinski definition) is 34. The summed E-state index contributed by atoms with van der Waals surface area (Å²) in [5, 5.41) is 210. The van der Waals surface area contributed by atoms with Crippen LogP contribution in [0.5, 0.6) is 0 Å². The molecule has 36 heteroatoms. The summed E-state index contributed by atoms with van der Waals surface area (Å²) in [5.41, 5.74) is 0. The second kappa shape index (κ2) is 28.4. The first-order valence-electron chi connectivity index (χ1n) is 25.9. The second-order valence-corrected chi connectivity index (χ2v) is 20.6. The maximum absolute atomic E-state index is 13.0. The number of aliphatic hydroxyl groups is 19. The number of amides is 2. The molecule has 0 aromatic rings. The van der Waals surface area contributed by atoms with Crippen molar-refractivity contribution < 1.29 is 168 Å². The van der Waals surface area contributed by atoms with Crippen molar-refractivity contribution in [3.63, 3.8) is 0 Å². The summed E-state index contributed by atoms with van der Waals surface area (Å²) in [6, 6.07) is -3.57. The van der Waals surface area contributed by atoms with Crippen molar-refractivity contribution in [3.8, 4) is 0 Å². The molecule has 2 amide bonds. The minimum Gasteiger partial charge on any atom is -0.394 e. The van der Waals surface area contributed by atoms with E-state index < -0.39 is 260 Å². The average molecular weight is 1190 g/mol. The molecule has 7 heterocycles. The van der Waals surface area contributed by atoms with Gasteiger partial charge in [0.2, 0.25) is 11.8 Å². The molecule has 7 fully saturated rings. The third-order valence-corrected chi connectivity index (χ3v) is 14.9. The zero-order valence-electron chi connectivity index (χ0n) is 43.5. The molecule has 0 spiro atoms. The van der Waals surface area contributed by atoms with Crippen LogP contribution in [0.25, 0.3) is 0 Å². The van der Waals surface area contributed by atoms with E-state index in [1.54, 1.807) is 0 Å². The Labute approximate surface area is 459 Å². The van der Waals surface area contributed by atoms with E-state index in [9.17, 15) is 107 Å². The maximum atomic E-state index is 13.0. The highest BCUT2D eigenvalue weighted by molar-refractivity contribution is 5.73. The molecule has 0 aliphatic carbocycles. The molecule has 0 aromatic carbocycles. The Morgan fingerprint density at radius 2 is 0.840 bits per heavy atom. The van der Waals surface area contributed by atoms with E-state index in [4.69, 9.17) is 61.6 Å². The van der Waals surface area contributed by atoms with E-state index in [1.165, 1.54) is 6.92 Å². The zero-order chi connectivity index (χ0) is 59.6. The normalized spacial score (nSPS) is 50.8. The largest absolute Gasteiger partial charge is 0.394 e. The van der Waals surface area contributed by atoms with Gasteiger partial charge in [-0.15, -0.1) is 0 Å². The Hall–Kier alpha value is -2.34. The van der Waals surface area contributed by atoms with Gasteiger partial charge in [0.25, 0.3) is 0 Å². The fraction of sp³-hybridized carbons (Fsp3) is 0.956. The van der Waals surface area contributed by atoms with Crippen LogP contribution in [0, 0.1) is 0 Å². The van der Waals surface area contributed by atoms with Crippen LogP contribution < -0.4 is 10.6 Å². The van der Waals surface area contributed by atoms with Gasteiger partial charge in [0, 0.05) is 13.8 Å². The number of carbonyl (C=O) groups excluding carboxylic acids is 2. The van der Waals surface area contributed by atoms with E-state index in [1.807, 2.05) is 0 Å². The molecule has 0 unspecified atom stereocenters. The van der Waals surface area contributed by atoms with Crippen LogP contribution in [0.2, 0.25) is 0 Å². The van der Waals surface area contributed by atoms with Crippen molar-refractivity contribution in [1.82, 2.24) is 10.6 Å². The van der Waals surface area contributed by atoms with Crippen molar-refractivity contribution in [3.05, 3.63) is 0 Å².